The summed E-state index contributed by atoms with van der Waals surface area (Å²) >= 11 is 0. The van der Waals surface area contributed by atoms with E-state index in [-0.39, 0.29) is 5.91 Å². The zero-order chi connectivity index (χ0) is 12.0. The van der Waals surface area contributed by atoms with E-state index in [1.54, 1.807) is 32.6 Å². The highest BCUT2D eigenvalue weighted by Gasteiger charge is 1.98. The first-order valence-corrected chi connectivity index (χ1v) is 4.97. The average molecular weight is 221 g/mol. The van der Waals surface area contributed by atoms with Gasteiger partial charge >= 0.3 is 6.01 Å². The minimum Gasteiger partial charge on any atom is -0.464 e. The van der Waals surface area contributed by atoms with E-state index in [2.05, 4.69) is 9.97 Å². The zero-order valence-corrected chi connectivity index (χ0v) is 9.67. The lowest BCUT2D eigenvalue weighted by Crippen LogP contribution is -2.18. The molecule has 0 aliphatic rings. The van der Waals surface area contributed by atoms with Gasteiger partial charge in [0.25, 0.3) is 0 Å². The molecule has 0 aliphatic carbocycles. The van der Waals surface area contributed by atoms with Gasteiger partial charge < -0.3 is 9.64 Å². The van der Waals surface area contributed by atoms with Crippen molar-refractivity contribution >= 4 is 12.0 Å². The molecule has 0 saturated carbocycles. The van der Waals surface area contributed by atoms with Gasteiger partial charge in [-0.25, -0.2) is 9.97 Å². The Bertz CT molecular complexity index is 371. The molecule has 0 unspecified atom stereocenters. The van der Waals surface area contributed by atoms with Crippen molar-refractivity contribution in [2.45, 2.75) is 6.92 Å². The third kappa shape index (κ3) is 3.68. The van der Waals surface area contributed by atoms with Gasteiger partial charge in [0.2, 0.25) is 5.91 Å². The maximum atomic E-state index is 11.3. The average Bonchev–Trinajstić information content (AvgIpc) is 2.28. The number of amides is 1. The molecule has 0 spiro atoms. The normalized spacial score (nSPS) is 10.4. The molecule has 0 radical (unpaired) electrons. The van der Waals surface area contributed by atoms with E-state index in [1.807, 2.05) is 6.92 Å². The maximum Gasteiger partial charge on any atom is 0.316 e. The Balaban J connectivity index is 2.65. The van der Waals surface area contributed by atoms with Gasteiger partial charge in [-0.2, -0.15) is 0 Å². The molecule has 1 amide bonds. The van der Waals surface area contributed by atoms with Crippen LogP contribution < -0.4 is 4.74 Å². The monoisotopic (exact) mass is 221 g/mol. The molecule has 5 nitrogen and oxygen atoms in total. The summed E-state index contributed by atoms with van der Waals surface area (Å²) in [4.78, 5) is 20.7. The number of hydrogen-bond donors (Lipinski definition) is 0. The summed E-state index contributed by atoms with van der Waals surface area (Å²) in [7, 11) is 3.39. The Hall–Kier alpha value is -1.91. The number of hydrogen-bond acceptors (Lipinski definition) is 4. The van der Waals surface area contributed by atoms with Gasteiger partial charge in [-0.05, 0) is 13.0 Å². The van der Waals surface area contributed by atoms with Gasteiger partial charge in [0.15, 0.2) is 0 Å². The van der Waals surface area contributed by atoms with Crippen LogP contribution in [0.25, 0.3) is 6.08 Å². The fourth-order valence-corrected chi connectivity index (χ4v) is 0.932. The van der Waals surface area contributed by atoms with Crippen molar-refractivity contribution in [3.63, 3.8) is 0 Å². The Morgan fingerprint density at radius 3 is 2.56 bits per heavy atom. The Kier molecular flexibility index (Phi) is 4.44. The molecule has 0 atom stereocenters. The molecule has 86 valence electrons. The predicted octanol–water partition coefficient (Wildman–Crippen LogP) is 0.977. The summed E-state index contributed by atoms with van der Waals surface area (Å²) in [5.41, 5.74) is 0.763. The van der Waals surface area contributed by atoms with E-state index in [4.69, 9.17) is 4.74 Å². The third-order valence-corrected chi connectivity index (χ3v) is 1.78. The lowest BCUT2D eigenvalue weighted by atomic mass is 10.3. The Labute approximate surface area is 94.8 Å². The van der Waals surface area contributed by atoms with Gasteiger partial charge in [0.1, 0.15) is 0 Å². The van der Waals surface area contributed by atoms with Crippen LogP contribution in [0.1, 0.15) is 12.5 Å². The molecule has 0 aromatic carbocycles. The van der Waals surface area contributed by atoms with Crippen LogP contribution in [0.3, 0.4) is 0 Å². The summed E-state index contributed by atoms with van der Waals surface area (Å²) in [6.45, 7) is 2.40. The van der Waals surface area contributed by atoms with E-state index in [1.165, 1.54) is 11.0 Å². The van der Waals surface area contributed by atoms with E-state index in [9.17, 15) is 4.79 Å². The van der Waals surface area contributed by atoms with Crippen LogP contribution in [0.15, 0.2) is 18.5 Å². The number of carbonyl (C=O) groups is 1. The third-order valence-electron chi connectivity index (χ3n) is 1.78. The highest BCUT2D eigenvalue weighted by molar-refractivity contribution is 5.91. The molecule has 1 rings (SSSR count). The topological polar surface area (TPSA) is 55.3 Å². The molecule has 0 saturated heterocycles. The number of ether oxygens (including phenoxy) is 1. The SMILES string of the molecule is CCOc1ncc(/C=C/C(=O)N(C)C)cn1. The smallest absolute Gasteiger partial charge is 0.316 e. The van der Waals surface area contributed by atoms with Crippen LogP contribution >= 0.6 is 0 Å². The second-order valence-electron chi connectivity index (χ2n) is 3.30. The summed E-state index contributed by atoms with van der Waals surface area (Å²) in [6.07, 6.45) is 6.35. The van der Waals surface area contributed by atoms with E-state index < -0.39 is 0 Å². The first-order chi connectivity index (χ1) is 7.63. The molecule has 1 aromatic rings. The fourth-order valence-electron chi connectivity index (χ4n) is 0.932. The molecule has 0 fully saturated rings. The van der Waals surface area contributed by atoms with Crippen LogP contribution in [0.4, 0.5) is 0 Å². The number of nitrogens with zero attached hydrogens (tertiary/aromatic N) is 3. The maximum absolute atomic E-state index is 11.3. The molecular formula is C11H15N3O2. The molecule has 0 N–H and O–H groups in total. The lowest BCUT2D eigenvalue weighted by Gasteiger charge is -2.05. The van der Waals surface area contributed by atoms with Crippen molar-refractivity contribution in [1.82, 2.24) is 14.9 Å². The second-order valence-corrected chi connectivity index (χ2v) is 3.30. The highest BCUT2D eigenvalue weighted by atomic mass is 16.5. The quantitative estimate of drug-likeness (QED) is 0.711. The zero-order valence-electron chi connectivity index (χ0n) is 9.67. The van der Waals surface area contributed by atoms with Gasteiger partial charge in [-0.15, -0.1) is 0 Å². The van der Waals surface area contributed by atoms with Crippen LogP contribution in [0.5, 0.6) is 6.01 Å². The van der Waals surface area contributed by atoms with Crippen molar-refractivity contribution in [2.24, 2.45) is 0 Å². The van der Waals surface area contributed by atoms with Gasteiger partial charge in [0.05, 0.1) is 6.61 Å². The summed E-state index contributed by atoms with van der Waals surface area (Å²) < 4.78 is 5.10. The van der Waals surface area contributed by atoms with Crippen LogP contribution in [-0.2, 0) is 4.79 Å². The first-order valence-electron chi connectivity index (χ1n) is 4.97. The minimum atomic E-state index is -0.0751. The van der Waals surface area contributed by atoms with Crippen LogP contribution in [0, 0.1) is 0 Å². The first kappa shape index (κ1) is 12.2. The molecule has 5 heteroatoms. The highest BCUT2D eigenvalue weighted by Crippen LogP contribution is 2.04. The molecule has 16 heavy (non-hydrogen) atoms. The van der Waals surface area contributed by atoms with Gasteiger partial charge in [0, 0.05) is 38.1 Å². The predicted molar refractivity (Wildman–Crippen MR) is 60.9 cm³/mol. The lowest BCUT2D eigenvalue weighted by molar-refractivity contribution is -0.123. The molecule has 1 aromatic heterocycles. The molecular weight excluding hydrogens is 206 g/mol. The van der Waals surface area contributed by atoms with Crippen molar-refractivity contribution in [3.05, 3.63) is 24.0 Å². The van der Waals surface area contributed by atoms with E-state index in [0.29, 0.717) is 12.6 Å². The van der Waals surface area contributed by atoms with Crippen molar-refractivity contribution in [1.29, 1.82) is 0 Å². The molecule has 0 aliphatic heterocycles. The Morgan fingerprint density at radius 2 is 2.06 bits per heavy atom. The van der Waals surface area contributed by atoms with Crippen molar-refractivity contribution in [3.8, 4) is 6.01 Å². The van der Waals surface area contributed by atoms with Crippen molar-refractivity contribution in [2.75, 3.05) is 20.7 Å². The summed E-state index contributed by atoms with van der Waals surface area (Å²) in [5.74, 6) is -0.0751. The number of rotatable bonds is 4. The summed E-state index contributed by atoms with van der Waals surface area (Å²) in [5, 5.41) is 0. The number of carbonyl (C=O) groups excluding carboxylic acids is 1. The van der Waals surface area contributed by atoms with Crippen molar-refractivity contribution < 1.29 is 9.53 Å². The second kappa shape index (κ2) is 5.85. The molecule has 1 heterocycles. The minimum absolute atomic E-state index is 0.0751. The fraction of sp³-hybridized carbons (Fsp3) is 0.364. The number of aromatic nitrogens is 2. The Morgan fingerprint density at radius 1 is 1.44 bits per heavy atom. The van der Waals surface area contributed by atoms with Gasteiger partial charge in [-0.3, -0.25) is 4.79 Å². The van der Waals surface area contributed by atoms with Crippen LogP contribution in [-0.4, -0.2) is 41.5 Å². The van der Waals surface area contributed by atoms with E-state index >= 15 is 0 Å². The standard InChI is InChI=1S/C11H15N3O2/c1-4-16-11-12-7-9(8-13-11)5-6-10(15)14(2)3/h5-8H,4H2,1-3H3/b6-5+. The number of likely N-dealkylation sites (N-methyl/N-ethyl adjacent to an activating group) is 1. The summed E-state index contributed by atoms with van der Waals surface area (Å²) in [6, 6.07) is 0.346. The molecule has 0 bridgehead atoms. The van der Waals surface area contributed by atoms with Gasteiger partial charge in [-0.1, -0.05) is 0 Å². The van der Waals surface area contributed by atoms with Crippen LogP contribution in [0.2, 0.25) is 0 Å². The van der Waals surface area contributed by atoms with E-state index in [0.717, 1.165) is 5.56 Å². The largest absolute Gasteiger partial charge is 0.464 e.